The van der Waals surface area contributed by atoms with E-state index in [0.717, 1.165) is 47.1 Å². The number of piperidine rings is 1. The molecule has 170 valence electrons. The summed E-state index contributed by atoms with van der Waals surface area (Å²) in [7, 11) is 0. The van der Waals surface area contributed by atoms with Gasteiger partial charge in [-0.1, -0.05) is 12.1 Å². The third-order valence-electron chi connectivity index (χ3n) is 5.92. The Kier molecular flexibility index (Phi) is 7.39. The van der Waals surface area contributed by atoms with Gasteiger partial charge in [0.15, 0.2) is 0 Å². The van der Waals surface area contributed by atoms with Crippen LogP contribution in [0.1, 0.15) is 42.6 Å². The quantitative estimate of drug-likeness (QED) is 0.547. The van der Waals surface area contributed by atoms with Gasteiger partial charge in [0.1, 0.15) is 10.7 Å². The van der Waals surface area contributed by atoms with Gasteiger partial charge in [0.2, 0.25) is 5.91 Å². The van der Waals surface area contributed by atoms with E-state index in [2.05, 4.69) is 15.2 Å². The van der Waals surface area contributed by atoms with E-state index in [0.29, 0.717) is 24.6 Å². The molecule has 2 amide bonds. The molecule has 1 saturated heterocycles. The average Bonchev–Trinajstić information content (AvgIpc) is 3.47. The van der Waals surface area contributed by atoms with Gasteiger partial charge in [-0.25, -0.2) is 4.98 Å². The summed E-state index contributed by atoms with van der Waals surface area (Å²) in [4.78, 5) is 32.5. The van der Waals surface area contributed by atoms with Gasteiger partial charge in [0.05, 0.1) is 17.3 Å². The van der Waals surface area contributed by atoms with Crippen molar-refractivity contribution >= 4 is 34.5 Å². The number of carbonyl (C=O) groups excluding carboxylic acids is 2. The van der Waals surface area contributed by atoms with Gasteiger partial charge in [-0.3, -0.25) is 9.59 Å². The lowest BCUT2D eigenvalue weighted by Gasteiger charge is -2.40. The van der Waals surface area contributed by atoms with Crippen LogP contribution in [0.25, 0.3) is 9.88 Å². The predicted octanol–water partition coefficient (Wildman–Crippen LogP) is 3.12. The highest BCUT2D eigenvalue weighted by atomic mass is 32.1. The number of primary amides is 1. The van der Waals surface area contributed by atoms with Crippen molar-refractivity contribution in [3.8, 4) is 9.88 Å². The maximum Gasteiger partial charge on any atom is 0.271 e. The molecule has 5 N–H and O–H groups in total. The molecule has 1 aliphatic heterocycles. The van der Waals surface area contributed by atoms with Crippen molar-refractivity contribution in [2.45, 2.75) is 38.1 Å². The summed E-state index contributed by atoms with van der Waals surface area (Å²) < 4.78 is 0. The number of allylic oxidation sites excluding steroid dienone is 1. The van der Waals surface area contributed by atoms with Crippen LogP contribution < -0.4 is 16.8 Å². The van der Waals surface area contributed by atoms with E-state index in [-0.39, 0.29) is 24.3 Å². The molecule has 2 aromatic rings. The summed E-state index contributed by atoms with van der Waals surface area (Å²) in [6.45, 7) is 2.53. The van der Waals surface area contributed by atoms with Crippen LogP contribution in [0.4, 0.5) is 0 Å². The first-order valence-corrected chi connectivity index (χ1v) is 12.7. The molecule has 9 heteroatoms. The summed E-state index contributed by atoms with van der Waals surface area (Å²) in [6, 6.07) is 3.82. The van der Waals surface area contributed by atoms with Crippen LogP contribution in [0, 0.1) is 5.92 Å². The number of thiazole rings is 1. The fourth-order valence-corrected chi connectivity index (χ4v) is 6.02. The number of thiophene rings is 1. The normalized spacial score (nSPS) is 21.1. The molecule has 2 aliphatic rings. The second kappa shape index (κ2) is 10.4. The maximum atomic E-state index is 13.0. The summed E-state index contributed by atoms with van der Waals surface area (Å²) in [5, 5.41) is 7.84. The number of carbonyl (C=O) groups is 2. The van der Waals surface area contributed by atoms with Crippen LogP contribution >= 0.6 is 22.7 Å². The minimum absolute atomic E-state index is 0.164. The summed E-state index contributed by atoms with van der Waals surface area (Å²) in [6.07, 6.45) is 8.12. The Hall–Kier alpha value is -2.49. The molecular formula is C23H29N5O2S2. The molecule has 1 fully saturated rings. The Bertz CT molecular complexity index is 1010. The summed E-state index contributed by atoms with van der Waals surface area (Å²) in [5.41, 5.74) is 13.6. The van der Waals surface area contributed by atoms with E-state index in [1.165, 1.54) is 17.8 Å². The number of nitrogens with one attached hydrogen (secondary N) is 1. The molecule has 2 aromatic heterocycles. The molecule has 32 heavy (non-hydrogen) atoms. The number of hydrogen-bond acceptors (Lipinski definition) is 7. The molecule has 0 bridgehead atoms. The third-order valence-corrected chi connectivity index (χ3v) is 7.80. The van der Waals surface area contributed by atoms with Crippen molar-refractivity contribution in [3.63, 3.8) is 0 Å². The van der Waals surface area contributed by atoms with Crippen molar-refractivity contribution in [2.75, 3.05) is 19.6 Å². The van der Waals surface area contributed by atoms with Gasteiger partial charge in [-0.2, -0.15) is 0 Å². The molecule has 4 rings (SSSR count). The highest BCUT2D eigenvalue weighted by Gasteiger charge is 2.29. The number of aromatic nitrogens is 1. The minimum Gasteiger partial charge on any atom is -0.373 e. The van der Waals surface area contributed by atoms with Crippen LogP contribution in [-0.2, 0) is 4.79 Å². The van der Waals surface area contributed by atoms with Crippen molar-refractivity contribution in [2.24, 2.45) is 17.4 Å². The fraction of sp³-hybridized carbons (Fsp3) is 0.435. The molecular weight excluding hydrogens is 442 g/mol. The molecule has 7 nitrogen and oxygen atoms in total. The molecule has 3 heterocycles. The summed E-state index contributed by atoms with van der Waals surface area (Å²) in [5.74, 6) is 0.0168. The molecule has 2 unspecified atom stereocenters. The van der Waals surface area contributed by atoms with Crippen molar-refractivity contribution in [1.82, 2.24) is 15.2 Å². The van der Waals surface area contributed by atoms with E-state index in [1.54, 1.807) is 11.3 Å². The largest absolute Gasteiger partial charge is 0.373 e. The predicted molar refractivity (Wildman–Crippen MR) is 129 cm³/mol. The maximum absolute atomic E-state index is 13.0. The van der Waals surface area contributed by atoms with E-state index in [9.17, 15) is 9.59 Å². The van der Waals surface area contributed by atoms with Crippen LogP contribution in [0.15, 0.2) is 46.3 Å². The highest BCUT2D eigenvalue weighted by molar-refractivity contribution is 7.20. The third kappa shape index (κ3) is 5.46. The first-order valence-electron chi connectivity index (χ1n) is 11.0. The van der Waals surface area contributed by atoms with Gasteiger partial charge >= 0.3 is 0 Å². The lowest BCUT2D eigenvalue weighted by molar-refractivity contribution is -0.117. The molecule has 2 atom stereocenters. The van der Waals surface area contributed by atoms with E-state index in [1.807, 2.05) is 35.0 Å². The zero-order valence-electron chi connectivity index (χ0n) is 18.0. The van der Waals surface area contributed by atoms with E-state index < -0.39 is 0 Å². The van der Waals surface area contributed by atoms with Gasteiger partial charge in [-0.05, 0) is 61.2 Å². The Balaban J connectivity index is 1.51. The first-order chi connectivity index (χ1) is 15.5. The summed E-state index contributed by atoms with van der Waals surface area (Å²) >= 11 is 3.09. The zero-order chi connectivity index (χ0) is 22.5. The lowest BCUT2D eigenvalue weighted by atomic mass is 9.91. The van der Waals surface area contributed by atoms with Crippen molar-refractivity contribution in [1.29, 1.82) is 0 Å². The standard InChI is InChI=1S/C23H29N5O2S2/c24-8-7-15-3-1-9-28(13-15)19-11-16(12-21(25)29)5-6-17(19)26-22(30)18-14-32-23(27-18)20-4-2-10-31-20/h2,4-5,10-11,14-15,17H,1,3,6-9,12-13,24H2,(H2,25,29)(H,26,30). The van der Waals surface area contributed by atoms with Gasteiger partial charge < -0.3 is 21.7 Å². The number of likely N-dealkylation sites (tertiary alicyclic amines) is 1. The zero-order valence-corrected chi connectivity index (χ0v) is 19.6. The van der Waals surface area contributed by atoms with E-state index >= 15 is 0 Å². The Morgan fingerprint density at radius 1 is 1.31 bits per heavy atom. The van der Waals surface area contributed by atoms with Gasteiger partial charge in [-0.15, -0.1) is 22.7 Å². The van der Waals surface area contributed by atoms with E-state index in [4.69, 9.17) is 11.5 Å². The topological polar surface area (TPSA) is 114 Å². The Morgan fingerprint density at radius 2 is 2.19 bits per heavy atom. The Labute approximate surface area is 196 Å². The van der Waals surface area contributed by atoms with Crippen molar-refractivity contribution in [3.05, 3.63) is 52.0 Å². The van der Waals surface area contributed by atoms with Crippen LogP contribution in [0.5, 0.6) is 0 Å². The molecule has 0 saturated carbocycles. The minimum atomic E-state index is -0.349. The smallest absolute Gasteiger partial charge is 0.271 e. The number of amides is 2. The van der Waals surface area contributed by atoms with Gasteiger partial charge in [0.25, 0.3) is 5.91 Å². The first kappa shape index (κ1) is 22.7. The number of rotatable bonds is 8. The van der Waals surface area contributed by atoms with Gasteiger partial charge in [0, 0.05) is 24.2 Å². The SMILES string of the molecule is NCCC1CCCN(C2=CC(CC(N)=O)=CCC2NC(=O)c2csc(-c3cccs3)n2)C1. The lowest BCUT2D eigenvalue weighted by Crippen LogP contribution is -2.46. The second-order valence-corrected chi connectivity index (χ2v) is 10.1. The number of nitrogens with two attached hydrogens (primary N) is 2. The molecule has 0 aromatic carbocycles. The molecule has 0 radical (unpaired) electrons. The number of hydrogen-bond donors (Lipinski definition) is 3. The van der Waals surface area contributed by atoms with Crippen LogP contribution in [0.3, 0.4) is 0 Å². The second-order valence-electron chi connectivity index (χ2n) is 8.30. The monoisotopic (exact) mass is 471 g/mol. The van der Waals surface area contributed by atoms with Crippen LogP contribution in [-0.4, -0.2) is 47.4 Å². The van der Waals surface area contributed by atoms with Crippen LogP contribution in [0.2, 0.25) is 0 Å². The fourth-order valence-electron chi connectivity index (χ4n) is 4.40. The van der Waals surface area contributed by atoms with Crippen molar-refractivity contribution < 1.29 is 9.59 Å². The molecule has 0 spiro atoms. The highest BCUT2D eigenvalue weighted by Crippen LogP contribution is 2.30. The Morgan fingerprint density at radius 3 is 2.94 bits per heavy atom. The number of nitrogens with zero attached hydrogens (tertiary/aromatic N) is 2. The molecule has 1 aliphatic carbocycles. The average molecular weight is 472 g/mol.